The summed E-state index contributed by atoms with van der Waals surface area (Å²) in [6.45, 7) is 3.52. The molecule has 2 heteroatoms. The summed E-state index contributed by atoms with van der Waals surface area (Å²) >= 11 is 0. The van der Waals surface area contributed by atoms with Crippen molar-refractivity contribution in [3.05, 3.63) is 0 Å². The fraction of sp³-hybridized carbons (Fsp3) is 0.833. The van der Waals surface area contributed by atoms with Gasteiger partial charge >= 0.3 is 0 Å². The second-order valence-corrected chi connectivity index (χ2v) is 2.19. The molecule has 1 N–H and O–H groups in total. The highest BCUT2D eigenvalue weighted by Gasteiger charge is 2.15. The molecule has 0 heterocycles. The molecule has 0 bridgehead atoms. The van der Waals surface area contributed by atoms with Crippen molar-refractivity contribution in [2.75, 3.05) is 0 Å². The molecule has 0 saturated heterocycles. The summed E-state index contributed by atoms with van der Waals surface area (Å²) in [4.78, 5) is 0. The highest BCUT2D eigenvalue weighted by atomic mass is 16.3. The summed E-state index contributed by atoms with van der Waals surface area (Å²) < 4.78 is 0. The van der Waals surface area contributed by atoms with E-state index in [2.05, 4.69) is 0 Å². The maximum atomic E-state index is 9.10. The van der Waals surface area contributed by atoms with Crippen molar-refractivity contribution in [1.82, 2.24) is 0 Å². The van der Waals surface area contributed by atoms with Gasteiger partial charge in [-0.1, -0.05) is 6.92 Å². The third-order valence-electron chi connectivity index (χ3n) is 1.22. The lowest BCUT2D eigenvalue weighted by Gasteiger charge is -2.15. The summed E-state index contributed by atoms with van der Waals surface area (Å²) in [5.41, 5.74) is -0.769. The Kier molecular flexibility index (Phi) is 2.50. The van der Waals surface area contributed by atoms with E-state index in [1.54, 1.807) is 6.92 Å². The molecule has 0 rings (SSSR count). The van der Waals surface area contributed by atoms with E-state index < -0.39 is 5.60 Å². The third-order valence-corrected chi connectivity index (χ3v) is 1.22. The summed E-state index contributed by atoms with van der Waals surface area (Å²) in [6.07, 6.45) is 0.865. The molecule has 0 aromatic carbocycles. The van der Waals surface area contributed by atoms with Crippen LogP contribution in [0.4, 0.5) is 0 Å². The molecule has 0 aliphatic carbocycles. The van der Waals surface area contributed by atoms with Gasteiger partial charge in [-0.15, -0.1) is 0 Å². The van der Waals surface area contributed by atoms with E-state index in [0.29, 0.717) is 6.42 Å². The number of nitrogens with zero attached hydrogens (tertiary/aromatic N) is 1. The van der Waals surface area contributed by atoms with Gasteiger partial charge in [-0.3, -0.25) is 0 Å². The Bertz CT molecular complexity index is 102. The topological polar surface area (TPSA) is 44.0 Å². The van der Waals surface area contributed by atoms with Crippen molar-refractivity contribution in [2.24, 2.45) is 0 Å². The molecule has 0 radical (unpaired) electrons. The van der Waals surface area contributed by atoms with Gasteiger partial charge in [-0.25, -0.2) is 0 Å². The van der Waals surface area contributed by atoms with Crippen LogP contribution in [0, 0.1) is 11.3 Å². The Morgan fingerprint density at radius 3 is 2.38 bits per heavy atom. The van der Waals surface area contributed by atoms with Crippen LogP contribution in [-0.2, 0) is 0 Å². The Labute approximate surface area is 49.8 Å². The second-order valence-electron chi connectivity index (χ2n) is 2.19. The molecule has 0 fully saturated rings. The van der Waals surface area contributed by atoms with Gasteiger partial charge < -0.3 is 5.11 Å². The summed E-state index contributed by atoms with van der Waals surface area (Å²) in [5, 5.41) is 17.2. The SMILES string of the molecule is CCC(C)(O)CC#N. The zero-order valence-corrected chi connectivity index (χ0v) is 5.31. The first-order chi connectivity index (χ1) is 3.62. The maximum absolute atomic E-state index is 9.10. The van der Waals surface area contributed by atoms with E-state index >= 15 is 0 Å². The van der Waals surface area contributed by atoms with Crippen LogP contribution in [0.1, 0.15) is 26.7 Å². The zero-order chi connectivity index (χ0) is 6.62. The molecule has 0 aromatic heterocycles. The van der Waals surface area contributed by atoms with Crippen LogP contribution in [0.2, 0.25) is 0 Å². The maximum Gasteiger partial charge on any atom is 0.0746 e. The zero-order valence-electron chi connectivity index (χ0n) is 5.31. The second kappa shape index (κ2) is 2.68. The molecule has 0 aromatic rings. The quantitative estimate of drug-likeness (QED) is 0.582. The molecule has 2 nitrogen and oxygen atoms in total. The summed E-state index contributed by atoms with van der Waals surface area (Å²) in [5.74, 6) is 0. The minimum Gasteiger partial charge on any atom is -0.389 e. The van der Waals surface area contributed by atoms with Crippen LogP contribution in [0.3, 0.4) is 0 Å². The van der Waals surface area contributed by atoms with E-state index in [9.17, 15) is 0 Å². The van der Waals surface area contributed by atoms with Crippen molar-refractivity contribution in [2.45, 2.75) is 32.3 Å². The van der Waals surface area contributed by atoms with Crippen LogP contribution in [-0.4, -0.2) is 10.7 Å². The fourth-order valence-electron chi connectivity index (χ4n) is 0.295. The number of hydrogen-bond acceptors (Lipinski definition) is 2. The van der Waals surface area contributed by atoms with Gasteiger partial charge in [-0.2, -0.15) is 5.26 Å². The number of aliphatic hydroxyl groups is 1. The fourth-order valence-corrected chi connectivity index (χ4v) is 0.295. The van der Waals surface area contributed by atoms with Crippen molar-refractivity contribution < 1.29 is 5.11 Å². The van der Waals surface area contributed by atoms with Gasteiger partial charge in [-0.05, 0) is 13.3 Å². The standard InChI is InChI=1S/C6H11NO/c1-3-6(2,8)4-5-7/h8H,3-4H2,1-2H3. The molecular formula is C6H11NO. The van der Waals surface area contributed by atoms with Crippen LogP contribution < -0.4 is 0 Å². The molecule has 0 aliphatic rings. The van der Waals surface area contributed by atoms with Crippen molar-refractivity contribution in [1.29, 1.82) is 5.26 Å². The first-order valence-corrected chi connectivity index (χ1v) is 2.71. The smallest absolute Gasteiger partial charge is 0.0746 e. The van der Waals surface area contributed by atoms with Crippen LogP contribution in [0.15, 0.2) is 0 Å². The highest BCUT2D eigenvalue weighted by molar-refractivity contribution is 4.83. The van der Waals surface area contributed by atoms with Gasteiger partial charge in [0, 0.05) is 0 Å². The van der Waals surface area contributed by atoms with Gasteiger partial charge in [0.2, 0.25) is 0 Å². The van der Waals surface area contributed by atoms with Gasteiger partial charge in [0.1, 0.15) is 0 Å². The largest absolute Gasteiger partial charge is 0.389 e. The predicted molar refractivity (Wildman–Crippen MR) is 31.1 cm³/mol. The normalized spacial score (nSPS) is 16.8. The Morgan fingerprint density at radius 1 is 1.75 bits per heavy atom. The van der Waals surface area contributed by atoms with E-state index in [4.69, 9.17) is 10.4 Å². The average molecular weight is 113 g/mol. The summed E-state index contributed by atoms with van der Waals surface area (Å²) in [6, 6.07) is 1.91. The lowest BCUT2D eigenvalue weighted by Crippen LogP contribution is -2.21. The van der Waals surface area contributed by atoms with Gasteiger partial charge in [0.25, 0.3) is 0 Å². The van der Waals surface area contributed by atoms with Crippen molar-refractivity contribution in [3.8, 4) is 6.07 Å². The van der Waals surface area contributed by atoms with Crippen LogP contribution in [0.25, 0.3) is 0 Å². The molecular weight excluding hydrogens is 102 g/mol. The molecule has 0 saturated carbocycles. The minimum absolute atomic E-state index is 0.226. The van der Waals surface area contributed by atoms with E-state index in [0.717, 1.165) is 0 Å². The molecule has 1 atom stereocenters. The monoisotopic (exact) mass is 113 g/mol. The lowest BCUT2D eigenvalue weighted by atomic mass is 10.0. The molecule has 0 spiro atoms. The number of nitriles is 1. The number of hydrogen-bond donors (Lipinski definition) is 1. The van der Waals surface area contributed by atoms with Crippen molar-refractivity contribution in [3.63, 3.8) is 0 Å². The molecule has 0 aliphatic heterocycles. The minimum atomic E-state index is -0.769. The molecule has 1 unspecified atom stereocenters. The lowest BCUT2D eigenvalue weighted by molar-refractivity contribution is 0.0610. The molecule has 46 valence electrons. The number of rotatable bonds is 2. The molecule has 8 heavy (non-hydrogen) atoms. The van der Waals surface area contributed by atoms with Gasteiger partial charge in [0.15, 0.2) is 0 Å². The molecule has 0 amide bonds. The van der Waals surface area contributed by atoms with E-state index in [1.807, 2.05) is 13.0 Å². The Hall–Kier alpha value is -0.550. The predicted octanol–water partition coefficient (Wildman–Crippen LogP) is 1.06. The van der Waals surface area contributed by atoms with Gasteiger partial charge in [0.05, 0.1) is 18.1 Å². The van der Waals surface area contributed by atoms with Crippen molar-refractivity contribution >= 4 is 0 Å². The third kappa shape index (κ3) is 2.59. The van der Waals surface area contributed by atoms with E-state index in [-0.39, 0.29) is 6.42 Å². The Morgan fingerprint density at radius 2 is 2.25 bits per heavy atom. The first kappa shape index (κ1) is 7.45. The Balaban J connectivity index is 3.58. The van der Waals surface area contributed by atoms with E-state index in [1.165, 1.54) is 0 Å². The first-order valence-electron chi connectivity index (χ1n) is 2.71. The average Bonchev–Trinajstić information content (AvgIpc) is 1.67. The summed E-state index contributed by atoms with van der Waals surface area (Å²) in [7, 11) is 0. The highest BCUT2D eigenvalue weighted by Crippen LogP contribution is 2.11. The van der Waals surface area contributed by atoms with Crippen LogP contribution >= 0.6 is 0 Å². The van der Waals surface area contributed by atoms with Crippen LogP contribution in [0.5, 0.6) is 0 Å².